The van der Waals surface area contributed by atoms with Gasteiger partial charge in [-0.3, -0.25) is 4.79 Å². The largest absolute Gasteiger partial charge is 0.497 e. The maximum Gasteiger partial charge on any atom is 0.250 e. The number of amides is 1. The van der Waals surface area contributed by atoms with Gasteiger partial charge in [-0.2, -0.15) is 5.10 Å². The van der Waals surface area contributed by atoms with Crippen molar-refractivity contribution in [3.8, 4) is 17.2 Å². The fraction of sp³-hybridized carbons (Fsp3) is 0.263. The summed E-state index contributed by atoms with van der Waals surface area (Å²) in [6.45, 7) is 0. The van der Waals surface area contributed by atoms with Gasteiger partial charge >= 0.3 is 0 Å². The SMILES string of the molecule is COc1ccc(CSCC(=O)N/N=C\c2cc(OC)ccc2OC)cc1. The minimum Gasteiger partial charge on any atom is -0.497 e. The van der Waals surface area contributed by atoms with E-state index in [-0.39, 0.29) is 5.91 Å². The molecule has 1 N–H and O–H groups in total. The topological polar surface area (TPSA) is 69.2 Å². The Morgan fingerprint density at radius 3 is 2.38 bits per heavy atom. The summed E-state index contributed by atoms with van der Waals surface area (Å²) >= 11 is 1.52. The van der Waals surface area contributed by atoms with Gasteiger partial charge in [-0.25, -0.2) is 5.43 Å². The van der Waals surface area contributed by atoms with E-state index in [2.05, 4.69) is 10.5 Å². The van der Waals surface area contributed by atoms with Crippen molar-refractivity contribution in [2.24, 2.45) is 5.10 Å². The summed E-state index contributed by atoms with van der Waals surface area (Å²) in [7, 11) is 4.80. The molecule has 7 heteroatoms. The smallest absolute Gasteiger partial charge is 0.250 e. The Morgan fingerprint density at radius 1 is 1.04 bits per heavy atom. The van der Waals surface area contributed by atoms with E-state index >= 15 is 0 Å². The maximum absolute atomic E-state index is 11.9. The van der Waals surface area contributed by atoms with Crippen LogP contribution in [0.1, 0.15) is 11.1 Å². The van der Waals surface area contributed by atoms with E-state index in [1.54, 1.807) is 39.5 Å². The molecule has 1 amide bonds. The van der Waals surface area contributed by atoms with Gasteiger partial charge in [0.1, 0.15) is 17.2 Å². The summed E-state index contributed by atoms with van der Waals surface area (Å²) < 4.78 is 15.6. The molecule has 0 aliphatic heterocycles. The average Bonchev–Trinajstić information content (AvgIpc) is 2.68. The van der Waals surface area contributed by atoms with E-state index in [0.717, 1.165) is 22.6 Å². The quantitative estimate of drug-likeness (QED) is 0.540. The van der Waals surface area contributed by atoms with Crippen LogP contribution >= 0.6 is 11.8 Å². The highest BCUT2D eigenvalue weighted by molar-refractivity contribution is 7.99. The number of nitrogens with zero attached hydrogens (tertiary/aromatic N) is 1. The number of ether oxygens (including phenoxy) is 3. The number of carbonyl (C=O) groups excluding carboxylic acids is 1. The summed E-state index contributed by atoms with van der Waals surface area (Å²) in [4.78, 5) is 11.9. The van der Waals surface area contributed by atoms with Crippen LogP contribution in [0.5, 0.6) is 17.2 Å². The van der Waals surface area contributed by atoms with Crippen molar-refractivity contribution in [2.45, 2.75) is 5.75 Å². The second-order valence-corrected chi connectivity index (χ2v) is 6.23. The summed E-state index contributed by atoms with van der Waals surface area (Å²) in [6.07, 6.45) is 1.54. The monoisotopic (exact) mass is 374 g/mol. The van der Waals surface area contributed by atoms with Crippen molar-refractivity contribution in [3.05, 3.63) is 53.6 Å². The van der Waals surface area contributed by atoms with Crippen molar-refractivity contribution in [2.75, 3.05) is 27.1 Å². The second-order valence-electron chi connectivity index (χ2n) is 5.24. The van der Waals surface area contributed by atoms with Crippen LogP contribution in [0.15, 0.2) is 47.6 Å². The van der Waals surface area contributed by atoms with Gasteiger partial charge in [-0.15, -0.1) is 11.8 Å². The van der Waals surface area contributed by atoms with E-state index in [4.69, 9.17) is 14.2 Å². The molecule has 0 unspecified atom stereocenters. The van der Waals surface area contributed by atoms with Crippen molar-refractivity contribution in [3.63, 3.8) is 0 Å². The number of carbonyl (C=O) groups is 1. The molecule has 6 nitrogen and oxygen atoms in total. The molecule has 0 aliphatic carbocycles. The molecule has 0 heterocycles. The summed E-state index contributed by atoms with van der Waals surface area (Å²) in [5.41, 5.74) is 4.37. The number of hydrogen-bond acceptors (Lipinski definition) is 6. The normalized spacial score (nSPS) is 10.6. The van der Waals surface area contributed by atoms with E-state index < -0.39 is 0 Å². The van der Waals surface area contributed by atoms with Crippen LogP contribution in [0.3, 0.4) is 0 Å². The zero-order valence-electron chi connectivity index (χ0n) is 15.0. The molecule has 0 fully saturated rings. The van der Waals surface area contributed by atoms with Gasteiger partial charge in [0.2, 0.25) is 5.91 Å². The van der Waals surface area contributed by atoms with Gasteiger partial charge < -0.3 is 14.2 Å². The van der Waals surface area contributed by atoms with E-state index in [1.807, 2.05) is 24.3 Å². The van der Waals surface area contributed by atoms with Crippen molar-refractivity contribution in [1.29, 1.82) is 0 Å². The Labute approximate surface area is 157 Å². The first-order valence-corrected chi connectivity index (χ1v) is 9.06. The van der Waals surface area contributed by atoms with Crippen LogP contribution in [-0.4, -0.2) is 39.2 Å². The van der Waals surface area contributed by atoms with Crippen LogP contribution in [0.25, 0.3) is 0 Å². The third kappa shape index (κ3) is 6.00. The van der Waals surface area contributed by atoms with Gasteiger partial charge in [-0.1, -0.05) is 12.1 Å². The Kier molecular flexibility index (Phi) is 7.82. The molecule has 0 bridgehead atoms. The molecule has 2 aromatic carbocycles. The molecule has 0 radical (unpaired) electrons. The minimum absolute atomic E-state index is 0.165. The van der Waals surface area contributed by atoms with Crippen LogP contribution < -0.4 is 19.6 Å². The number of rotatable bonds is 9. The summed E-state index contributed by atoms with van der Waals surface area (Å²) in [5, 5.41) is 3.98. The molecule has 0 spiro atoms. The highest BCUT2D eigenvalue weighted by Crippen LogP contribution is 2.22. The highest BCUT2D eigenvalue weighted by atomic mass is 32.2. The van der Waals surface area contributed by atoms with E-state index in [9.17, 15) is 4.79 Å². The molecule has 2 aromatic rings. The number of benzene rings is 2. The predicted molar refractivity (Wildman–Crippen MR) is 104 cm³/mol. The minimum atomic E-state index is -0.165. The lowest BCUT2D eigenvalue weighted by molar-refractivity contribution is -0.118. The lowest BCUT2D eigenvalue weighted by atomic mass is 10.2. The van der Waals surface area contributed by atoms with Crippen LogP contribution in [0.2, 0.25) is 0 Å². The van der Waals surface area contributed by atoms with Crippen molar-refractivity contribution < 1.29 is 19.0 Å². The molecule has 0 saturated carbocycles. The number of hydrazone groups is 1. The van der Waals surface area contributed by atoms with E-state index in [1.165, 1.54) is 18.0 Å². The van der Waals surface area contributed by atoms with Crippen LogP contribution in [0.4, 0.5) is 0 Å². The Morgan fingerprint density at radius 2 is 1.73 bits per heavy atom. The lowest BCUT2D eigenvalue weighted by Crippen LogP contribution is -2.19. The number of nitrogens with one attached hydrogen (secondary N) is 1. The van der Waals surface area contributed by atoms with Crippen LogP contribution in [-0.2, 0) is 10.5 Å². The third-order valence-electron chi connectivity index (χ3n) is 3.49. The molecular weight excluding hydrogens is 352 g/mol. The molecule has 26 heavy (non-hydrogen) atoms. The fourth-order valence-corrected chi connectivity index (χ4v) is 2.91. The van der Waals surface area contributed by atoms with Gasteiger partial charge in [0.15, 0.2) is 0 Å². The molecule has 0 saturated heterocycles. The molecule has 0 aromatic heterocycles. The Balaban J connectivity index is 1.80. The zero-order chi connectivity index (χ0) is 18.8. The first-order valence-electron chi connectivity index (χ1n) is 7.91. The first-order chi connectivity index (χ1) is 12.7. The fourth-order valence-electron chi connectivity index (χ4n) is 2.13. The molecule has 2 rings (SSSR count). The number of methoxy groups -OCH3 is 3. The van der Waals surface area contributed by atoms with Gasteiger partial charge in [0.25, 0.3) is 0 Å². The van der Waals surface area contributed by atoms with Gasteiger partial charge in [-0.05, 0) is 35.9 Å². The highest BCUT2D eigenvalue weighted by Gasteiger charge is 2.04. The van der Waals surface area contributed by atoms with Crippen molar-refractivity contribution in [1.82, 2.24) is 5.43 Å². The molecule has 0 atom stereocenters. The number of hydrogen-bond donors (Lipinski definition) is 1. The Hall–Kier alpha value is -2.67. The average molecular weight is 374 g/mol. The number of thioether (sulfide) groups is 1. The Bertz CT molecular complexity index is 748. The zero-order valence-corrected chi connectivity index (χ0v) is 15.8. The molecular formula is C19H22N2O4S. The van der Waals surface area contributed by atoms with Crippen LogP contribution in [0, 0.1) is 0 Å². The summed E-state index contributed by atoms with van der Waals surface area (Å²) in [6, 6.07) is 13.1. The maximum atomic E-state index is 11.9. The third-order valence-corrected chi connectivity index (χ3v) is 4.49. The predicted octanol–water partition coefficient (Wildman–Crippen LogP) is 3.10. The lowest BCUT2D eigenvalue weighted by Gasteiger charge is -2.07. The molecule has 0 aliphatic rings. The summed E-state index contributed by atoms with van der Waals surface area (Å²) in [5.74, 6) is 3.05. The van der Waals surface area contributed by atoms with E-state index in [0.29, 0.717) is 17.3 Å². The molecule has 138 valence electrons. The second kappa shape index (κ2) is 10.4. The standard InChI is InChI=1S/C19H22N2O4S/c1-23-16-6-4-14(5-7-16)12-26-13-19(22)21-20-11-15-10-17(24-2)8-9-18(15)25-3/h4-11H,12-13H2,1-3H3,(H,21,22)/b20-11-. The van der Waals surface area contributed by atoms with Gasteiger partial charge in [0, 0.05) is 11.3 Å². The first kappa shape index (κ1) is 19.7. The van der Waals surface area contributed by atoms with Crippen molar-refractivity contribution >= 4 is 23.9 Å². The van der Waals surface area contributed by atoms with Gasteiger partial charge in [0.05, 0.1) is 33.3 Å².